The van der Waals surface area contributed by atoms with Crippen molar-refractivity contribution in [3.05, 3.63) is 47.5 Å². The summed E-state index contributed by atoms with van der Waals surface area (Å²) in [5.41, 5.74) is 1.03. The van der Waals surface area contributed by atoms with E-state index in [4.69, 9.17) is 0 Å². The van der Waals surface area contributed by atoms with Crippen molar-refractivity contribution in [3.8, 4) is 0 Å². The Morgan fingerprint density at radius 3 is 2.18 bits per heavy atom. The third-order valence-corrected chi connectivity index (χ3v) is 2.79. The minimum absolute atomic E-state index is 0.188. The van der Waals surface area contributed by atoms with Crippen LogP contribution in [0.2, 0.25) is 0 Å². The Hall–Kier alpha value is -1.90. The molecule has 0 aliphatic carbocycles. The average Bonchev–Trinajstić information content (AvgIpc) is 2.60. The summed E-state index contributed by atoms with van der Waals surface area (Å²) in [7, 11) is 0. The predicted molar refractivity (Wildman–Crippen MR) is 65.9 cm³/mol. The molecule has 0 N–H and O–H groups in total. The monoisotopic (exact) mass is 229 g/mol. The van der Waals surface area contributed by atoms with Crippen molar-refractivity contribution in [3.63, 3.8) is 0 Å². The molecule has 0 saturated carbocycles. The van der Waals surface area contributed by atoms with Crippen LogP contribution >= 0.6 is 0 Å². The minimum atomic E-state index is -0.188. The third kappa shape index (κ3) is 2.13. The summed E-state index contributed by atoms with van der Waals surface area (Å²) >= 11 is 0. The van der Waals surface area contributed by atoms with Gasteiger partial charge in [-0.15, -0.1) is 0 Å². The Bertz CT molecular complexity index is 442. The van der Waals surface area contributed by atoms with Crippen molar-refractivity contribution < 1.29 is 9.59 Å². The lowest BCUT2D eigenvalue weighted by Crippen LogP contribution is -2.29. The maximum atomic E-state index is 11.9. The highest BCUT2D eigenvalue weighted by atomic mass is 16.2. The first-order valence-corrected chi connectivity index (χ1v) is 5.86. The molecule has 1 heterocycles. The Morgan fingerprint density at radius 1 is 1.06 bits per heavy atom. The Labute approximate surface area is 101 Å². The van der Waals surface area contributed by atoms with Gasteiger partial charge in [0.15, 0.2) is 0 Å². The van der Waals surface area contributed by atoms with Crippen LogP contribution in [0.25, 0.3) is 0 Å². The summed E-state index contributed by atoms with van der Waals surface area (Å²) in [5, 5.41) is 0. The van der Waals surface area contributed by atoms with Gasteiger partial charge in [-0.2, -0.15) is 0 Å². The summed E-state index contributed by atoms with van der Waals surface area (Å²) < 4.78 is 0. The van der Waals surface area contributed by atoms with E-state index < -0.39 is 0 Å². The second-order valence-corrected chi connectivity index (χ2v) is 4.03. The molecule has 0 saturated heterocycles. The standard InChI is InChI=1S/C14H15NO2/c1-2-3-4-7-10-15-13(16)11-8-5-6-9-12(11)14(15)17/h4-9H,2-3,10H2,1H3. The summed E-state index contributed by atoms with van der Waals surface area (Å²) in [4.78, 5) is 25.2. The zero-order valence-corrected chi connectivity index (χ0v) is 9.85. The highest BCUT2D eigenvalue weighted by molar-refractivity contribution is 6.21. The maximum Gasteiger partial charge on any atom is 0.261 e. The normalized spacial score (nSPS) is 14.8. The number of carbonyl (C=O) groups excluding carboxylic acids is 2. The van der Waals surface area contributed by atoms with E-state index >= 15 is 0 Å². The van der Waals surface area contributed by atoms with Gasteiger partial charge in [-0.05, 0) is 18.6 Å². The molecule has 1 aromatic rings. The topological polar surface area (TPSA) is 37.4 Å². The van der Waals surface area contributed by atoms with E-state index in [-0.39, 0.29) is 11.8 Å². The van der Waals surface area contributed by atoms with Crippen LogP contribution in [-0.2, 0) is 0 Å². The fourth-order valence-corrected chi connectivity index (χ4v) is 1.87. The van der Waals surface area contributed by atoms with Crippen LogP contribution in [0, 0.1) is 0 Å². The van der Waals surface area contributed by atoms with E-state index in [0.29, 0.717) is 17.7 Å². The average molecular weight is 229 g/mol. The molecule has 0 fully saturated rings. The van der Waals surface area contributed by atoms with Crippen LogP contribution in [-0.4, -0.2) is 23.3 Å². The smallest absolute Gasteiger partial charge is 0.261 e. The van der Waals surface area contributed by atoms with Crippen LogP contribution in [0.5, 0.6) is 0 Å². The second-order valence-electron chi connectivity index (χ2n) is 4.03. The van der Waals surface area contributed by atoms with Crippen molar-refractivity contribution in [2.75, 3.05) is 6.54 Å². The molecular weight excluding hydrogens is 214 g/mol. The molecule has 1 aliphatic heterocycles. The second kappa shape index (κ2) is 4.95. The van der Waals surface area contributed by atoms with Gasteiger partial charge in [0.05, 0.1) is 11.1 Å². The molecule has 0 radical (unpaired) electrons. The van der Waals surface area contributed by atoms with E-state index in [9.17, 15) is 9.59 Å². The third-order valence-electron chi connectivity index (χ3n) is 2.79. The van der Waals surface area contributed by atoms with Crippen LogP contribution in [0.1, 0.15) is 40.5 Å². The Morgan fingerprint density at radius 2 is 1.65 bits per heavy atom. The molecule has 1 aromatic carbocycles. The molecule has 0 spiro atoms. The van der Waals surface area contributed by atoms with E-state index in [2.05, 4.69) is 6.92 Å². The molecule has 2 amide bonds. The summed E-state index contributed by atoms with van der Waals surface area (Å²) in [6.45, 7) is 2.46. The molecule has 0 aromatic heterocycles. The van der Waals surface area contributed by atoms with Crippen molar-refractivity contribution in [1.29, 1.82) is 0 Å². The van der Waals surface area contributed by atoms with E-state index in [1.54, 1.807) is 24.3 Å². The number of carbonyl (C=O) groups is 2. The van der Waals surface area contributed by atoms with Crippen LogP contribution < -0.4 is 0 Å². The van der Waals surface area contributed by atoms with Crippen molar-refractivity contribution in [2.24, 2.45) is 0 Å². The summed E-state index contributed by atoms with van der Waals surface area (Å²) in [6, 6.07) is 6.96. The molecule has 3 heteroatoms. The van der Waals surface area contributed by atoms with E-state index in [1.807, 2.05) is 12.2 Å². The number of hydrogen-bond acceptors (Lipinski definition) is 2. The molecule has 0 bridgehead atoms. The number of benzene rings is 1. The van der Waals surface area contributed by atoms with Crippen LogP contribution in [0.15, 0.2) is 36.4 Å². The van der Waals surface area contributed by atoms with Gasteiger partial charge in [0.2, 0.25) is 0 Å². The largest absolute Gasteiger partial charge is 0.270 e. The lowest BCUT2D eigenvalue weighted by molar-refractivity contribution is 0.0672. The zero-order chi connectivity index (χ0) is 12.3. The minimum Gasteiger partial charge on any atom is -0.270 e. The van der Waals surface area contributed by atoms with Gasteiger partial charge >= 0.3 is 0 Å². The van der Waals surface area contributed by atoms with Crippen molar-refractivity contribution in [1.82, 2.24) is 4.90 Å². The predicted octanol–water partition coefficient (Wildman–Crippen LogP) is 2.64. The lowest BCUT2D eigenvalue weighted by Gasteiger charge is -2.10. The maximum absolute atomic E-state index is 11.9. The highest BCUT2D eigenvalue weighted by Crippen LogP contribution is 2.21. The van der Waals surface area contributed by atoms with Crippen molar-refractivity contribution >= 4 is 11.8 Å². The Kier molecular flexibility index (Phi) is 3.38. The number of rotatable bonds is 4. The van der Waals surface area contributed by atoms with E-state index in [1.165, 1.54) is 4.90 Å². The van der Waals surface area contributed by atoms with Gasteiger partial charge in [0.25, 0.3) is 11.8 Å². The summed E-state index contributed by atoms with van der Waals surface area (Å²) in [5.74, 6) is -0.376. The van der Waals surface area contributed by atoms with Crippen molar-refractivity contribution in [2.45, 2.75) is 19.8 Å². The van der Waals surface area contributed by atoms with Gasteiger partial charge in [-0.1, -0.05) is 37.6 Å². The molecule has 0 unspecified atom stereocenters. The quantitative estimate of drug-likeness (QED) is 0.588. The molecule has 1 aliphatic rings. The number of amides is 2. The summed E-state index contributed by atoms with van der Waals surface area (Å²) in [6.07, 6.45) is 5.93. The Balaban J connectivity index is 2.13. The molecule has 88 valence electrons. The molecule has 2 rings (SSSR count). The molecule has 0 atom stereocenters. The lowest BCUT2D eigenvalue weighted by atomic mass is 10.1. The first-order chi connectivity index (χ1) is 8.25. The number of nitrogens with zero attached hydrogens (tertiary/aromatic N) is 1. The van der Waals surface area contributed by atoms with Gasteiger partial charge in [0.1, 0.15) is 0 Å². The number of hydrogen-bond donors (Lipinski definition) is 0. The number of allylic oxidation sites excluding steroid dienone is 1. The fraction of sp³-hybridized carbons (Fsp3) is 0.286. The number of imide groups is 1. The number of fused-ring (bicyclic) bond motifs is 1. The van der Waals surface area contributed by atoms with E-state index in [0.717, 1.165) is 12.8 Å². The van der Waals surface area contributed by atoms with Gasteiger partial charge in [-0.3, -0.25) is 14.5 Å². The van der Waals surface area contributed by atoms with Gasteiger partial charge in [0, 0.05) is 6.54 Å². The fourth-order valence-electron chi connectivity index (χ4n) is 1.87. The zero-order valence-electron chi connectivity index (χ0n) is 9.85. The molecule has 3 nitrogen and oxygen atoms in total. The molecule has 17 heavy (non-hydrogen) atoms. The van der Waals surface area contributed by atoms with Gasteiger partial charge in [-0.25, -0.2) is 0 Å². The number of unbranched alkanes of at least 4 members (excludes halogenated alkanes) is 1. The van der Waals surface area contributed by atoms with Crippen LogP contribution in [0.3, 0.4) is 0 Å². The SMILES string of the molecule is CCCC=CCN1C(=O)c2ccccc2C1=O. The highest BCUT2D eigenvalue weighted by Gasteiger charge is 2.33. The molecular formula is C14H15NO2. The first kappa shape index (κ1) is 11.6. The first-order valence-electron chi connectivity index (χ1n) is 5.86. The van der Waals surface area contributed by atoms with Crippen LogP contribution in [0.4, 0.5) is 0 Å². The van der Waals surface area contributed by atoms with Gasteiger partial charge < -0.3 is 0 Å².